The van der Waals surface area contributed by atoms with E-state index in [0.29, 0.717) is 35.8 Å². The molecule has 1 atom stereocenters. The van der Waals surface area contributed by atoms with Crippen molar-refractivity contribution in [2.75, 3.05) is 37.2 Å². The van der Waals surface area contributed by atoms with Crippen molar-refractivity contribution < 1.29 is 21.6 Å². The fourth-order valence-corrected chi connectivity index (χ4v) is 5.85. The fourth-order valence-electron chi connectivity index (χ4n) is 3.43. The molecule has 1 amide bonds. The van der Waals surface area contributed by atoms with Crippen LogP contribution in [0.25, 0.3) is 0 Å². The minimum atomic E-state index is -3.84. The molecule has 1 fully saturated rings. The number of benzene rings is 2. The normalized spacial score (nSPS) is 17.7. The maximum Gasteiger partial charge on any atom is 0.281 e. The number of piperidine rings is 1. The topological polar surface area (TPSA) is 116 Å². The number of carbonyl (C=O) groups excluding carboxylic acids is 1. The number of halogens is 1. The summed E-state index contributed by atoms with van der Waals surface area (Å²) in [4.78, 5) is 12.7. The molecular formula is C21H27ClN4O5S2. The molecule has 9 nitrogen and oxygen atoms in total. The quantitative estimate of drug-likeness (QED) is 0.589. The smallest absolute Gasteiger partial charge is 0.281 e. The van der Waals surface area contributed by atoms with Crippen LogP contribution < -0.4 is 10.0 Å². The van der Waals surface area contributed by atoms with Gasteiger partial charge in [0.2, 0.25) is 5.91 Å². The molecule has 2 N–H and O–H groups in total. The van der Waals surface area contributed by atoms with Crippen LogP contribution in [-0.4, -0.2) is 58.5 Å². The first kappa shape index (κ1) is 25.4. The summed E-state index contributed by atoms with van der Waals surface area (Å²) in [6, 6.07) is 10.6. The SMILES string of the molecule is Cc1ccc(NS(=O)(=O)c2ccc(NC(=O)[C@@H]3CCCN(S(=O)(=O)N(C)C)C3)cc2)cc1Cl. The lowest BCUT2D eigenvalue weighted by Crippen LogP contribution is -2.47. The van der Waals surface area contributed by atoms with Crippen LogP contribution in [-0.2, 0) is 25.0 Å². The van der Waals surface area contributed by atoms with E-state index < -0.39 is 26.2 Å². The highest BCUT2D eigenvalue weighted by atomic mass is 35.5. The Kier molecular flexibility index (Phi) is 7.69. The lowest BCUT2D eigenvalue weighted by Gasteiger charge is -2.32. The Hall–Kier alpha value is -2.18. The Morgan fingerprint density at radius 1 is 1.06 bits per heavy atom. The van der Waals surface area contributed by atoms with Crippen LogP contribution >= 0.6 is 11.6 Å². The number of nitrogens with one attached hydrogen (secondary N) is 2. The van der Waals surface area contributed by atoms with E-state index in [0.717, 1.165) is 9.87 Å². The summed E-state index contributed by atoms with van der Waals surface area (Å²) in [5, 5.41) is 3.20. The number of carbonyl (C=O) groups is 1. The predicted molar refractivity (Wildman–Crippen MR) is 129 cm³/mol. The molecule has 12 heteroatoms. The lowest BCUT2D eigenvalue weighted by molar-refractivity contribution is -0.120. The molecule has 3 rings (SSSR count). The maximum atomic E-state index is 12.7. The largest absolute Gasteiger partial charge is 0.326 e. The molecule has 0 bridgehead atoms. The van der Waals surface area contributed by atoms with Crippen molar-refractivity contribution in [3.05, 3.63) is 53.1 Å². The molecule has 2 aromatic carbocycles. The van der Waals surface area contributed by atoms with E-state index in [1.54, 1.807) is 12.1 Å². The van der Waals surface area contributed by atoms with Crippen molar-refractivity contribution in [3.63, 3.8) is 0 Å². The first-order chi connectivity index (χ1) is 15.4. The molecule has 180 valence electrons. The van der Waals surface area contributed by atoms with Crippen molar-refractivity contribution in [1.82, 2.24) is 8.61 Å². The Morgan fingerprint density at radius 3 is 2.30 bits per heavy atom. The molecule has 0 unspecified atom stereocenters. The third-order valence-corrected chi connectivity index (χ3v) is 9.11. The lowest BCUT2D eigenvalue weighted by atomic mass is 9.99. The summed E-state index contributed by atoms with van der Waals surface area (Å²) in [6.07, 6.45) is 1.15. The van der Waals surface area contributed by atoms with E-state index in [4.69, 9.17) is 11.6 Å². The third-order valence-electron chi connectivity index (χ3n) is 5.40. The molecule has 0 aliphatic carbocycles. The predicted octanol–water partition coefficient (Wildman–Crippen LogP) is 2.91. The number of nitrogens with zero attached hydrogens (tertiary/aromatic N) is 2. The molecule has 0 spiro atoms. The summed E-state index contributed by atoms with van der Waals surface area (Å²) in [5.41, 5.74) is 1.60. The molecule has 33 heavy (non-hydrogen) atoms. The van der Waals surface area contributed by atoms with Crippen LogP contribution in [0.4, 0.5) is 11.4 Å². The first-order valence-electron chi connectivity index (χ1n) is 10.3. The zero-order chi connectivity index (χ0) is 24.4. The van der Waals surface area contributed by atoms with Gasteiger partial charge in [-0.1, -0.05) is 17.7 Å². The van der Waals surface area contributed by atoms with Gasteiger partial charge in [0, 0.05) is 37.9 Å². The van der Waals surface area contributed by atoms with E-state index in [1.807, 2.05) is 6.92 Å². The Bertz CT molecular complexity index is 1230. The highest BCUT2D eigenvalue weighted by Crippen LogP contribution is 2.25. The Morgan fingerprint density at radius 2 is 1.70 bits per heavy atom. The molecule has 1 aliphatic rings. The molecule has 0 saturated carbocycles. The Labute approximate surface area is 200 Å². The molecule has 1 aliphatic heterocycles. The highest BCUT2D eigenvalue weighted by Gasteiger charge is 2.33. The fraction of sp³-hybridized carbons (Fsp3) is 0.381. The van der Waals surface area contributed by atoms with E-state index in [2.05, 4.69) is 10.0 Å². The van der Waals surface area contributed by atoms with Crippen molar-refractivity contribution in [2.24, 2.45) is 5.92 Å². The average Bonchev–Trinajstić information content (AvgIpc) is 2.76. The van der Waals surface area contributed by atoms with E-state index in [9.17, 15) is 21.6 Å². The van der Waals surface area contributed by atoms with Gasteiger partial charge >= 0.3 is 0 Å². The summed E-state index contributed by atoms with van der Waals surface area (Å²) < 4.78 is 54.9. The number of rotatable bonds is 7. The monoisotopic (exact) mass is 514 g/mol. The molecule has 0 aromatic heterocycles. The van der Waals surface area contributed by atoms with Gasteiger partial charge in [0.15, 0.2) is 0 Å². The highest BCUT2D eigenvalue weighted by molar-refractivity contribution is 7.92. The van der Waals surface area contributed by atoms with E-state index in [-0.39, 0.29) is 17.3 Å². The molecule has 0 radical (unpaired) electrons. The van der Waals surface area contributed by atoms with Gasteiger partial charge in [-0.15, -0.1) is 0 Å². The van der Waals surface area contributed by atoms with Crippen LogP contribution in [0, 0.1) is 12.8 Å². The van der Waals surface area contributed by atoms with Crippen LogP contribution in [0.3, 0.4) is 0 Å². The summed E-state index contributed by atoms with van der Waals surface area (Å²) in [7, 11) is -4.52. The molecule has 1 heterocycles. The van der Waals surface area contributed by atoms with E-state index in [1.165, 1.54) is 48.7 Å². The van der Waals surface area contributed by atoms with E-state index >= 15 is 0 Å². The van der Waals surface area contributed by atoms with Gasteiger partial charge in [0.1, 0.15) is 0 Å². The van der Waals surface area contributed by atoms with Gasteiger partial charge in [-0.3, -0.25) is 9.52 Å². The van der Waals surface area contributed by atoms with Crippen LogP contribution in [0.2, 0.25) is 5.02 Å². The van der Waals surface area contributed by atoms with Crippen LogP contribution in [0.5, 0.6) is 0 Å². The minimum Gasteiger partial charge on any atom is -0.326 e. The summed E-state index contributed by atoms with van der Waals surface area (Å²) in [6.45, 7) is 2.29. The molecule has 1 saturated heterocycles. The maximum absolute atomic E-state index is 12.7. The molecule has 2 aromatic rings. The zero-order valence-electron chi connectivity index (χ0n) is 18.6. The van der Waals surface area contributed by atoms with Gasteiger partial charge in [-0.25, -0.2) is 8.42 Å². The van der Waals surface area contributed by atoms with Gasteiger partial charge < -0.3 is 5.32 Å². The van der Waals surface area contributed by atoms with Crippen molar-refractivity contribution >= 4 is 49.1 Å². The molecular weight excluding hydrogens is 488 g/mol. The van der Waals surface area contributed by atoms with Gasteiger partial charge in [0.25, 0.3) is 20.2 Å². The van der Waals surface area contributed by atoms with Crippen molar-refractivity contribution in [1.29, 1.82) is 0 Å². The second-order valence-corrected chi connectivity index (χ2v) is 12.3. The number of amides is 1. The van der Waals surface area contributed by atoms with Crippen molar-refractivity contribution in [2.45, 2.75) is 24.7 Å². The Balaban J connectivity index is 1.66. The first-order valence-corrected chi connectivity index (χ1v) is 13.5. The third kappa shape index (κ3) is 6.04. The number of hydrogen-bond acceptors (Lipinski definition) is 5. The van der Waals surface area contributed by atoms with Gasteiger partial charge in [-0.05, 0) is 61.7 Å². The summed E-state index contributed by atoms with van der Waals surface area (Å²) >= 11 is 6.06. The standard InChI is InChI=1S/C21H27ClN4O5S2/c1-15-6-7-18(13-20(15)22)24-32(28,29)19-10-8-17(9-11-19)23-21(27)16-5-4-12-26(14-16)33(30,31)25(2)3/h6-11,13,16,24H,4-5,12,14H2,1-3H3,(H,23,27)/t16-/m1/s1. The second kappa shape index (κ2) is 9.98. The number of sulfonamides is 1. The van der Waals surface area contributed by atoms with Crippen molar-refractivity contribution in [3.8, 4) is 0 Å². The second-order valence-electron chi connectivity index (χ2n) is 8.07. The van der Waals surface area contributed by atoms with Crippen LogP contribution in [0.1, 0.15) is 18.4 Å². The number of aryl methyl sites for hydroxylation is 1. The zero-order valence-corrected chi connectivity index (χ0v) is 21.0. The summed E-state index contributed by atoms with van der Waals surface area (Å²) in [5.74, 6) is -0.804. The average molecular weight is 515 g/mol. The van der Waals surface area contributed by atoms with Gasteiger partial charge in [-0.2, -0.15) is 17.0 Å². The van der Waals surface area contributed by atoms with Gasteiger partial charge in [0.05, 0.1) is 16.5 Å². The number of hydrogen-bond donors (Lipinski definition) is 2. The number of anilines is 2. The van der Waals surface area contributed by atoms with Crippen LogP contribution in [0.15, 0.2) is 47.4 Å². The minimum absolute atomic E-state index is 0.0260.